The molecule has 258 valence electrons. The normalized spacial score (nSPS) is 14.8. The summed E-state index contributed by atoms with van der Waals surface area (Å²) >= 11 is 0. The Kier molecular flexibility index (Phi) is 10.3. The summed E-state index contributed by atoms with van der Waals surface area (Å²) in [4.78, 5) is 28.9. The molecule has 7 aromatic rings. The van der Waals surface area contributed by atoms with Gasteiger partial charge in [-0.1, -0.05) is 182 Å². The number of amides is 1. The van der Waals surface area contributed by atoms with Crippen molar-refractivity contribution in [3.63, 3.8) is 0 Å². The second-order valence-corrected chi connectivity index (χ2v) is 17.2. The van der Waals surface area contributed by atoms with Crippen LogP contribution in [0.15, 0.2) is 194 Å². The van der Waals surface area contributed by atoms with Gasteiger partial charge in [-0.15, -0.1) is 0 Å². The Balaban J connectivity index is 1.12. The standard InChI is InChI=1S/C47H37NO3P2/c49-46(40-29-15-17-31-43(40)52(35-20-5-1-6-21-35)36-22-7-2-8-23-36)48-45-39-28-14-13-19-34(39)33-42(45)51-47(50)41-30-16-18-32-44(41)53(37-24-9-3-10-25-37)38-26-11-4-12-27-38/h1-32,42,45H,33H2,(H,48,49)/t42-,45-/m0/s1. The van der Waals surface area contributed by atoms with E-state index in [1.165, 1.54) is 0 Å². The third kappa shape index (κ3) is 7.35. The van der Waals surface area contributed by atoms with Gasteiger partial charge in [0.05, 0.1) is 11.6 Å². The summed E-state index contributed by atoms with van der Waals surface area (Å²) in [7, 11) is -2.05. The van der Waals surface area contributed by atoms with E-state index in [4.69, 9.17) is 4.74 Å². The Morgan fingerprint density at radius 1 is 0.472 bits per heavy atom. The lowest BCUT2D eigenvalue weighted by molar-refractivity contribution is 0.0232. The van der Waals surface area contributed by atoms with Crippen LogP contribution in [0.25, 0.3) is 0 Å². The first-order valence-corrected chi connectivity index (χ1v) is 20.4. The van der Waals surface area contributed by atoms with Gasteiger partial charge >= 0.3 is 5.97 Å². The summed E-state index contributed by atoms with van der Waals surface area (Å²) < 4.78 is 6.47. The number of fused-ring (bicyclic) bond motifs is 1. The number of benzene rings is 7. The molecule has 0 aromatic heterocycles. The largest absolute Gasteiger partial charge is 0.456 e. The molecular weight excluding hydrogens is 688 g/mol. The number of ether oxygens (including phenoxy) is 1. The summed E-state index contributed by atoms with van der Waals surface area (Å²) in [5, 5.41) is 9.88. The zero-order chi connectivity index (χ0) is 36.0. The van der Waals surface area contributed by atoms with Crippen LogP contribution in [0.3, 0.4) is 0 Å². The number of nitrogens with one attached hydrogen (secondary N) is 1. The molecule has 0 radical (unpaired) electrons. The second-order valence-electron chi connectivity index (χ2n) is 12.8. The molecule has 0 saturated carbocycles. The zero-order valence-electron chi connectivity index (χ0n) is 29.0. The van der Waals surface area contributed by atoms with Crippen molar-refractivity contribution in [3.05, 3.63) is 216 Å². The van der Waals surface area contributed by atoms with Gasteiger partial charge in [0, 0.05) is 12.0 Å². The summed E-state index contributed by atoms with van der Waals surface area (Å²) in [6.07, 6.45) is -0.0858. The lowest BCUT2D eigenvalue weighted by atomic mass is 10.1. The maximum Gasteiger partial charge on any atom is 0.339 e. The van der Waals surface area contributed by atoms with Crippen LogP contribution in [0.4, 0.5) is 0 Å². The van der Waals surface area contributed by atoms with Crippen molar-refractivity contribution in [3.8, 4) is 0 Å². The summed E-state index contributed by atoms with van der Waals surface area (Å²) in [5.41, 5.74) is 3.17. The quantitative estimate of drug-likeness (QED) is 0.118. The molecule has 0 spiro atoms. The van der Waals surface area contributed by atoms with Crippen molar-refractivity contribution in [2.24, 2.45) is 0 Å². The van der Waals surface area contributed by atoms with Crippen LogP contribution in [0.5, 0.6) is 0 Å². The molecule has 0 fully saturated rings. The fraction of sp³-hybridized carbons (Fsp3) is 0.0638. The van der Waals surface area contributed by atoms with E-state index in [0.29, 0.717) is 17.5 Å². The molecule has 0 aliphatic heterocycles. The van der Waals surface area contributed by atoms with Crippen LogP contribution in [0, 0.1) is 0 Å². The maximum absolute atomic E-state index is 14.5. The Bertz CT molecular complexity index is 2260. The van der Waals surface area contributed by atoms with Crippen molar-refractivity contribution in [2.45, 2.75) is 18.6 Å². The number of hydrogen-bond donors (Lipinski definition) is 1. The van der Waals surface area contributed by atoms with Crippen molar-refractivity contribution in [1.82, 2.24) is 5.32 Å². The molecule has 0 heterocycles. The van der Waals surface area contributed by atoms with E-state index < -0.39 is 34.0 Å². The van der Waals surface area contributed by atoms with Crippen LogP contribution in [0.2, 0.25) is 0 Å². The van der Waals surface area contributed by atoms with Gasteiger partial charge in [-0.25, -0.2) is 4.79 Å². The summed E-state index contributed by atoms with van der Waals surface area (Å²) in [6, 6.07) is 64.6. The van der Waals surface area contributed by atoms with Crippen molar-refractivity contribution < 1.29 is 14.3 Å². The van der Waals surface area contributed by atoms with E-state index >= 15 is 0 Å². The molecule has 0 bridgehead atoms. The number of hydrogen-bond acceptors (Lipinski definition) is 3. The summed E-state index contributed by atoms with van der Waals surface area (Å²) in [5.74, 6) is -0.589. The van der Waals surface area contributed by atoms with Gasteiger partial charge in [0.25, 0.3) is 5.91 Å². The highest BCUT2D eigenvalue weighted by atomic mass is 31.1. The SMILES string of the molecule is O=C(N[C@H]1c2ccccc2C[C@@H]1OC(=O)c1ccccc1P(c1ccccc1)c1ccccc1)c1ccccc1P(c1ccccc1)c1ccccc1. The van der Waals surface area contributed by atoms with Gasteiger partial charge in [-0.2, -0.15) is 0 Å². The molecule has 4 nitrogen and oxygen atoms in total. The number of esters is 1. The first kappa shape index (κ1) is 34.4. The molecule has 1 amide bonds. The fourth-order valence-electron chi connectivity index (χ4n) is 7.12. The van der Waals surface area contributed by atoms with Gasteiger partial charge in [-0.05, 0) is 70.9 Å². The van der Waals surface area contributed by atoms with Crippen LogP contribution < -0.4 is 37.1 Å². The zero-order valence-corrected chi connectivity index (χ0v) is 30.7. The fourth-order valence-corrected chi connectivity index (χ4v) is 12.0. The topological polar surface area (TPSA) is 55.4 Å². The maximum atomic E-state index is 14.5. The van der Waals surface area contributed by atoms with E-state index in [2.05, 4.69) is 66.0 Å². The highest BCUT2D eigenvalue weighted by Crippen LogP contribution is 2.38. The molecule has 6 heteroatoms. The Labute approximate surface area is 313 Å². The van der Waals surface area contributed by atoms with Gasteiger partial charge < -0.3 is 10.1 Å². The second kappa shape index (κ2) is 15.9. The number of carbonyl (C=O) groups excluding carboxylic acids is 2. The van der Waals surface area contributed by atoms with E-state index in [1.807, 2.05) is 133 Å². The predicted molar refractivity (Wildman–Crippen MR) is 220 cm³/mol. The van der Waals surface area contributed by atoms with Crippen molar-refractivity contribution in [2.75, 3.05) is 0 Å². The van der Waals surface area contributed by atoms with Crippen LogP contribution in [0.1, 0.15) is 37.9 Å². The van der Waals surface area contributed by atoms with Gasteiger partial charge in [0.1, 0.15) is 6.10 Å². The predicted octanol–water partition coefficient (Wildman–Crippen LogP) is 7.46. The molecule has 1 aliphatic carbocycles. The highest BCUT2D eigenvalue weighted by Gasteiger charge is 2.38. The van der Waals surface area contributed by atoms with Crippen LogP contribution in [-0.4, -0.2) is 18.0 Å². The van der Waals surface area contributed by atoms with Crippen LogP contribution >= 0.6 is 15.8 Å². The number of rotatable bonds is 10. The third-order valence-electron chi connectivity index (χ3n) is 9.54. The highest BCUT2D eigenvalue weighted by molar-refractivity contribution is 7.80. The minimum atomic E-state index is -1.04. The minimum absolute atomic E-state index is 0.195. The van der Waals surface area contributed by atoms with Crippen molar-refractivity contribution >= 4 is 59.5 Å². The first-order valence-electron chi connectivity index (χ1n) is 17.7. The van der Waals surface area contributed by atoms with Gasteiger partial charge in [-0.3, -0.25) is 4.79 Å². The monoisotopic (exact) mass is 725 g/mol. The lowest BCUT2D eigenvalue weighted by Gasteiger charge is -2.26. The smallest absolute Gasteiger partial charge is 0.339 e. The van der Waals surface area contributed by atoms with Gasteiger partial charge in [0.15, 0.2) is 0 Å². The average molecular weight is 726 g/mol. The Hall–Kier alpha value is -5.66. The third-order valence-corrected chi connectivity index (χ3v) is 14.5. The van der Waals surface area contributed by atoms with E-state index in [9.17, 15) is 9.59 Å². The minimum Gasteiger partial charge on any atom is -0.456 e. The molecule has 7 aromatic carbocycles. The van der Waals surface area contributed by atoms with Crippen LogP contribution in [-0.2, 0) is 11.2 Å². The molecule has 8 rings (SSSR count). The Morgan fingerprint density at radius 2 is 0.868 bits per heavy atom. The molecule has 1 N–H and O–H groups in total. The number of carbonyl (C=O) groups is 2. The van der Waals surface area contributed by atoms with Gasteiger partial charge in [0.2, 0.25) is 0 Å². The molecule has 1 aliphatic rings. The Morgan fingerprint density at radius 3 is 1.38 bits per heavy atom. The van der Waals surface area contributed by atoms with E-state index in [-0.39, 0.29) is 5.91 Å². The molecular formula is C47H37NO3P2. The molecule has 53 heavy (non-hydrogen) atoms. The molecule has 0 unspecified atom stereocenters. The van der Waals surface area contributed by atoms with Crippen molar-refractivity contribution in [1.29, 1.82) is 0 Å². The lowest BCUT2D eigenvalue weighted by Crippen LogP contribution is -2.39. The first-order chi connectivity index (χ1) is 26.2. The van der Waals surface area contributed by atoms with E-state index in [1.54, 1.807) is 0 Å². The van der Waals surface area contributed by atoms with E-state index in [0.717, 1.165) is 43.0 Å². The summed E-state index contributed by atoms with van der Waals surface area (Å²) in [6.45, 7) is 0. The molecule has 0 saturated heterocycles. The molecule has 2 atom stereocenters. The average Bonchev–Trinajstić information content (AvgIpc) is 3.56.